The summed E-state index contributed by atoms with van der Waals surface area (Å²) < 4.78 is 0. The van der Waals surface area contributed by atoms with Gasteiger partial charge in [-0.05, 0) is 139 Å². The third-order valence-electron chi connectivity index (χ3n) is 14.8. The van der Waals surface area contributed by atoms with Crippen LogP contribution in [-0.4, -0.2) is 6.85 Å². The Morgan fingerprint density at radius 1 is 0.438 bits per heavy atom. The van der Waals surface area contributed by atoms with Gasteiger partial charge in [0.05, 0.1) is 5.69 Å². The first-order valence-electron chi connectivity index (χ1n) is 23.0. The van der Waals surface area contributed by atoms with Crippen molar-refractivity contribution in [2.45, 2.75) is 58.3 Å². The molecule has 0 unspecified atom stereocenters. The van der Waals surface area contributed by atoms with Crippen LogP contribution in [0.5, 0.6) is 0 Å². The Morgan fingerprint density at radius 2 is 0.953 bits per heavy atom. The van der Waals surface area contributed by atoms with Gasteiger partial charge in [0, 0.05) is 33.7 Å². The number of aryl methyl sites for hydroxylation is 1. The SMILES string of the molecule is Cc1ccc(-c2ccccc2)cc1N1c2cc3c(cc2B2c4c(cc5ccccc5c41)-c1ccc(-c4ccccc4)cc1N2c1ccc(-c2ccccc2)cc1)C(C)(C)CCC3(C)C. The third kappa shape index (κ3) is 6.01. The molecular weight excluding hydrogens is 771 g/mol. The van der Waals surface area contributed by atoms with E-state index < -0.39 is 0 Å². The van der Waals surface area contributed by atoms with Crippen LogP contribution in [0.4, 0.5) is 28.4 Å². The van der Waals surface area contributed by atoms with Crippen LogP contribution in [0.15, 0.2) is 194 Å². The molecule has 0 saturated carbocycles. The van der Waals surface area contributed by atoms with E-state index in [9.17, 15) is 0 Å². The zero-order chi connectivity index (χ0) is 43.3. The van der Waals surface area contributed by atoms with Crippen LogP contribution in [0, 0.1) is 6.92 Å². The van der Waals surface area contributed by atoms with E-state index in [2.05, 4.69) is 238 Å². The molecule has 308 valence electrons. The van der Waals surface area contributed by atoms with Crippen LogP contribution in [-0.2, 0) is 10.8 Å². The highest BCUT2D eigenvalue weighted by Crippen LogP contribution is 2.53. The lowest BCUT2D eigenvalue weighted by molar-refractivity contribution is 0.332. The summed E-state index contributed by atoms with van der Waals surface area (Å²) in [6.07, 6.45) is 2.30. The van der Waals surface area contributed by atoms with E-state index in [1.54, 1.807) is 0 Å². The predicted molar refractivity (Wildman–Crippen MR) is 274 cm³/mol. The lowest BCUT2D eigenvalue weighted by atomic mass is 9.42. The molecule has 2 heterocycles. The summed E-state index contributed by atoms with van der Waals surface area (Å²) >= 11 is 0. The zero-order valence-electron chi connectivity index (χ0n) is 37.4. The van der Waals surface area contributed by atoms with Crippen molar-refractivity contribution >= 4 is 57.0 Å². The maximum absolute atomic E-state index is 2.69. The molecule has 0 atom stereocenters. The van der Waals surface area contributed by atoms with Crippen molar-refractivity contribution in [3.05, 3.63) is 211 Å². The van der Waals surface area contributed by atoms with Crippen LogP contribution in [0.3, 0.4) is 0 Å². The van der Waals surface area contributed by atoms with E-state index in [1.165, 1.54) is 111 Å². The number of fused-ring (bicyclic) bond motifs is 7. The first kappa shape index (κ1) is 38.6. The van der Waals surface area contributed by atoms with Crippen molar-refractivity contribution < 1.29 is 0 Å². The van der Waals surface area contributed by atoms with Gasteiger partial charge in [-0.2, -0.15) is 0 Å². The second kappa shape index (κ2) is 14.5. The molecule has 0 aromatic heterocycles. The fourth-order valence-electron chi connectivity index (χ4n) is 11.2. The predicted octanol–water partition coefficient (Wildman–Crippen LogP) is 15.2. The molecule has 3 aliphatic rings. The lowest BCUT2D eigenvalue weighted by Gasteiger charge is -2.49. The van der Waals surface area contributed by atoms with Crippen molar-refractivity contribution in [2.24, 2.45) is 0 Å². The van der Waals surface area contributed by atoms with E-state index in [0.29, 0.717) is 0 Å². The summed E-state index contributed by atoms with van der Waals surface area (Å²) in [5, 5.41) is 2.51. The maximum atomic E-state index is 2.69. The third-order valence-corrected chi connectivity index (χ3v) is 14.8. The molecule has 64 heavy (non-hydrogen) atoms. The summed E-state index contributed by atoms with van der Waals surface area (Å²) in [4.78, 5) is 5.36. The van der Waals surface area contributed by atoms with Crippen molar-refractivity contribution in [3.8, 4) is 44.5 Å². The Morgan fingerprint density at radius 3 is 1.59 bits per heavy atom. The summed E-state index contributed by atoms with van der Waals surface area (Å²) in [5.41, 5.74) is 23.0. The molecule has 0 N–H and O–H groups in total. The largest absolute Gasteiger partial charge is 0.376 e. The van der Waals surface area contributed by atoms with E-state index in [0.717, 1.165) is 12.8 Å². The minimum atomic E-state index is -0.106. The smallest absolute Gasteiger partial charge is 0.333 e. The van der Waals surface area contributed by atoms with Crippen LogP contribution in [0.2, 0.25) is 0 Å². The zero-order valence-corrected chi connectivity index (χ0v) is 37.4. The topological polar surface area (TPSA) is 6.48 Å². The molecule has 0 radical (unpaired) electrons. The summed E-state index contributed by atoms with van der Waals surface area (Å²) in [7, 11) is 0. The van der Waals surface area contributed by atoms with E-state index in [1.807, 2.05) is 0 Å². The molecule has 9 aromatic carbocycles. The van der Waals surface area contributed by atoms with Gasteiger partial charge in [-0.3, -0.25) is 0 Å². The van der Waals surface area contributed by atoms with Gasteiger partial charge in [-0.15, -0.1) is 0 Å². The first-order valence-corrected chi connectivity index (χ1v) is 23.0. The van der Waals surface area contributed by atoms with Crippen LogP contribution in [0.25, 0.3) is 55.3 Å². The molecule has 12 rings (SSSR count). The Kier molecular flexibility index (Phi) is 8.72. The summed E-state index contributed by atoms with van der Waals surface area (Å²) in [5.74, 6) is 0. The quantitative estimate of drug-likeness (QED) is 0.160. The van der Waals surface area contributed by atoms with Gasteiger partial charge in [-0.25, -0.2) is 0 Å². The van der Waals surface area contributed by atoms with Gasteiger partial charge in [0.15, 0.2) is 0 Å². The standard InChI is InChI=1S/C61H51BN2/c1-40-25-26-45(42-19-11-7-12-20-42)36-55(40)63-57-39-53-52(60(2,3)33-34-61(53,4)5)38-54(57)62-58-51(35-47-23-15-16-24-49(47)59(58)63)50-32-29-46(43-21-13-8-14-22-43)37-56(50)64(62)48-30-27-44(28-31-48)41-17-9-6-10-18-41/h6-32,35-39H,33-34H2,1-5H3. The molecule has 9 aromatic rings. The van der Waals surface area contributed by atoms with Gasteiger partial charge < -0.3 is 9.71 Å². The number of hydrogen-bond donors (Lipinski definition) is 0. The van der Waals surface area contributed by atoms with Crippen LogP contribution >= 0.6 is 0 Å². The number of benzene rings is 9. The number of anilines is 5. The van der Waals surface area contributed by atoms with Gasteiger partial charge in [0.1, 0.15) is 0 Å². The molecular formula is C61H51BN2. The monoisotopic (exact) mass is 822 g/mol. The van der Waals surface area contributed by atoms with Crippen molar-refractivity contribution in [3.63, 3.8) is 0 Å². The summed E-state index contributed by atoms with van der Waals surface area (Å²) in [6, 6.07) is 72.9. The normalized spacial score (nSPS) is 15.3. The molecule has 0 amide bonds. The number of rotatable bonds is 5. The average molecular weight is 823 g/mol. The van der Waals surface area contributed by atoms with Crippen LogP contribution in [0.1, 0.15) is 57.2 Å². The second-order valence-electron chi connectivity index (χ2n) is 19.6. The summed E-state index contributed by atoms with van der Waals surface area (Å²) in [6.45, 7) is 12.1. The maximum Gasteiger partial charge on any atom is 0.333 e. The fraction of sp³-hybridized carbons (Fsp3) is 0.148. The molecule has 0 fully saturated rings. The van der Waals surface area contributed by atoms with Gasteiger partial charge >= 0.3 is 6.85 Å². The molecule has 0 bridgehead atoms. The first-order chi connectivity index (χ1) is 31.1. The highest BCUT2D eigenvalue weighted by atomic mass is 15.2. The van der Waals surface area contributed by atoms with Crippen molar-refractivity contribution in [1.29, 1.82) is 0 Å². The molecule has 2 nitrogen and oxygen atoms in total. The number of nitrogens with zero attached hydrogens (tertiary/aromatic N) is 2. The van der Waals surface area contributed by atoms with Crippen molar-refractivity contribution in [1.82, 2.24) is 0 Å². The minimum Gasteiger partial charge on any atom is -0.376 e. The Hall–Kier alpha value is -7.10. The Balaban J connectivity index is 1.22. The molecule has 3 heteroatoms. The molecule has 0 spiro atoms. The fourth-order valence-corrected chi connectivity index (χ4v) is 11.2. The van der Waals surface area contributed by atoms with Gasteiger partial charge in [0.2, 0.25) is 0 Å². The van der Waals surface area contributed by atoms with Crippen LogP contribution < -0.4 is 20.6 Å². The Labute approximate surface area is 378 Å². The molecule has 2 aliphatic heterocycles. The Bertz CT molecular complexity index is 3280. The highest BCUT2D eigenvalue weighted by Gasteiger charge is 2.48. The molecule has 1 aliphatic carbocycles. The van der Waals surface area contributed by atoms with Crippen molar-refractivity contribution in [2.75, 3.05) is 9.71 Å². The van der Waals surface area contributed by atoms with E-state index >= 15 is 0 Å². The second-order valence-corrected chi connectivity index (χ2v) is 19.6. The number of hydrogen-bond acceptors (Lipinski definition) is 2. The van der Waals surface area contributed by atoms with Gasteiger partial charge in [-0.1, -0.05) is 185 Å². The average Bonchev–Trinajstić information content (AvgIpc) is 3.33. The minimum absolute atomic E-state index is 0.0212. The molecule has 0 saturated heterocycles. The van der Waals surface area contributed by atoms with Gasteiger partial charge in [0.25, 0.3) is 0 Å². The van der Waals surface area contributed by atoms with E-state index in [4.69, 9.17) is 0 Å². The highest BCUT2D eigenvalue weighted by molar-refractivity contribution is 6.94. The van der Waals surface area contributed by atoms with E-state index in [-0.39, 0.29) is 17.7 Å². The lowest BCUT2D eigenvalue weighted by Crippen LogP contribution is -2.62.